The van der Waals surface area contributed by atoms with E-state index in [0.717, 1.165) is 50.1 Å². The molecule has 3 amide bonds. The largest absolute Gasteiger partial charge is 0.485 e. The first-order chi connectivity index (χ1) is 14.4. The van der Waals surface area contributed by atoms with E-state index in [1.807, 2.05) is 28.0 Å². The molecule has 2 saturated heterocycles. The van der Waals surface area contributed by atoms with Crippen molar-refractivity contribution in [3.8, 4) is 5.75 Å². The lowest BCUT2D eigenvalue weighted by Gasteiger charge is -2.43. The Hall–Kier alpha value is -2.28. The summed E-state index contributed by atoms with van der Waals surface area (Å²) in [4.78, 5) is 33.7. The van der Waals surface area contributed by atoms with Crippen LogP contribution in [-0.4, -0.2) is 91.0 Å². The summed E-state index contributed by atoms with van der Waals surface area (Å²) in [7, 11) is 5.69. The van der Waals surface area contributed by atoms with E-state index in [1.165, 1.54) is 0 Å². The molecule has 0 atom stereocenters. The zero-order valence-electron chi connectivity index (χ0n) is 18.5. The Morgan fingerprint density at radius 2 is 1.70 bits per heavy atom. The number of para-hydroxylation sites is 1. The molecule has 3 aliphatic heterocycles. The van der Waals surface area contributed by atoms with Crippen molar-refractivity contribution in [2.45, 2.75) is 37.8 Å². The number of nitrogens with zero attached hydrogens (tertiary/aromatic N) is 4. The fraction of sp³-hybridized carbons (Fsp3) is 0.652. The zero-order valence-corrected chi connectivity index (χ0v) is 18.5. The van der Waals surface area contributed by atoms with Gasteiger partial charge in [0.15, 0.2) is 0 Å². The van der Waals surface area contributed by atoms with E-state index in [-0.39, 0.29) is 17.9 Å². The minimum absolute atomic E-state index is 0.0399. The van der Waals surface area contributed by atoms with E-state index in [9.17, 15) is 9.59 Å². The number of likely N-dealkylation sites (tertiary alicyclic amines) is 2. The molecule has 3 aliphatic rings. The fourth-order valence-corrected chi connectivity index (χ4v) is 4.93. The number of ether oxygens (including phenoxy) is 1. The highest BCUT2D eigenvalue weighted by atomic mass is 16.5. The van der Waals surface area contributed by atoms with Crippen molar-refractivity contribution in [3.63, 3.8) is 0 Å². The summed E-state index contributed by atoms with van der Waals surface area (Å²) in [5, 5.41) is 0. The molecule has 164 valence electrons. The number of amides is 3. The number of urea groups is 1. The minimum Gasteiger partial charge on any atom is -0.485 e. The second-order valence-electron chi connectivity index (χ2n) is 9.33. The molecule has 0 aliphatic carbocycles. The lowest BCUT2D eigenvalue weighted by atomic mass is 9.89. The van der Waals surface area contributed by atoms with Crippen LogP contribution in [0, 0.1) is 5.92 Å². The summed E-state index contributed by atoms with van der Waals surface area (Å²) in [6.45, 7) is 4.44. The number of rotatable bonds is 1. The van der Waals surface area contributed by atoms with Crippen molar-refractivity contribution >= 4 is 11.9 Å². The molecule has 4 rings (SSSR count). The molecule has 0 saturated carbocycles. The molecular weight excluding hydrogens is 380 g/mol. The summed E-state index contributed by atoms with van der Waals surface area (Å²) in [5.41, 5.74) is 0.638. The van der Waals surface area contributed by atoms with Crippen molar-refractivity contribution < 1.29 is 14.3 Å². The average Bonchev–Trinajstić information content (AvgIpc) is 2.90. The molecule has 30 heavy (non-hydrogen) atoms. The molecule has 0 bridgehead atoms. The first-order valence-corrected chi connectivity index (χ1v) is 11.1. The van der Waals surface area contributed by atoms with Crippen molar-refractivity contribution in [2.24, 2.45) is 5.92 Å². The van der Waals surface area contributed by atoms with Crippen LogP contribution in [0.15, 0.2) is 24.3 Å². The average molecular weight is 415 g/mol. The maximum absolute atomic E-state index is 13.5. The van der Waals surface area contributed by atoms with E-state index in [0.29, 0.717) is 26.2 Å². The van der Waals surface area contributed by atoms with E-state index < -0.39 is 5.60 Å². The van der Waals surface area contributed by atoms with Crippen LogP contribution in [0.4, 0.5) is 4.79 Å². The van der Waals surface area contributed by atoms with Gasteiger partial charge >= 0.3 is 6.03 Å². The van der Waals surface area contributed by atoms with Crippen LogP contribution in [0.2, 0.25) is 0 Å². The number of benzene rings is 1. The van der Waals surface area contributed by atoms with E-state index in [4.69, 9.17) is 4.74 Å². The number of piperidine rings is 2. The predicted octanol–water partition coefficient (Wildman–Crippen LogP) is 2.27. The van der Waals surface area contributed by atoms with Crippen LogP contribution >= 0.6 is 0 Å². The van der Waals surface area contributed by atoms with E-state index in [2.05, 4.69) is 18.0 Å². The van der Waals surface area contributed by atoms with Gasteiger partial charge in [-0.2, -0.15) is 0 Å². The highest BCUT2D eigenvalue weighted by Crippen LogP contribution is 2.36. The minimum atomic E-state index is -0.434. The van der Waals surface area contributed by atoms with Gasteiger partial charge in [0.05, 0.1) is 6.54 Å². The second-order valence-corrected chi connectivity index (χ2v) is 9.33. The molecule has 1 spiro atoms. The normalized spacial score (nSPS) is 22.2. The summed E-state index contributed by atoms with van der Waals surface area (Å²) < 4.78 is 6.61. The van der Waals surface area contributed by atoms with E-state index >= 15 is 0 Å². The molecule has 0 unspecified atom stereocenters. The van der Waals surface area contributed by atoms with Gasteiger partial charge < -0.3 is 24.3 Å². The Morgan fingerprint density at radius 3 is 2.37 bits per heavy atom. The molecule has 0 aromatic heterocycles. The predicted molar refractivity (Wildman–Crippen MR) is 115 cm³/mol. The van der Waals surface area contributed by atoms with Crippen molar-refractivity contribution in [1.29, 1.82) is 0 Å². The maximum Gasteiger partial charge on any atom is 0.319 e. The van der Waals surface area contributed by atoms with E-state index in [1.54, 1.807) is 19.0 Å². The Balaban J connectivity index is 1.54. The highest BCUT2D eigenvalue weighted by molar-refractivity contribution is 5.79. The third kappa shape index (κ3) is 4.26. The molecule has 2 fully saturated rings. The molecule has 7 nitrogen and oxygen atoms in total. The van der Waals surface area contributed by atoms with Crippen molar-refractivity contribution in [3.05, 3.63) is 29.8 Å². The standard InChI is InChI=1S/C23H34N4O3/c1-24(2)22(29)26-14-10-23(11-15-26)17-27(16-19-6-4-5-7-20(19)30-23)21(28)18-8-12-25(3)13-9-18/h4-7,18H,8-17H2,1-3H3. The lowest BCUT2D eigenvalue weighted by Crippen LogP contribution is -2.56. The van der Waals surface area contributed by atoms with Gasteiger partial charge in [0, 0.05) is 58.1 Å². The van der Waals surface area contributed by atoms with Crippen LogP contribution in [-0.2, 0) is 11.3 Å². The van der Waals surface area contributed by atoms with Gasteiger partial charge in [-0.15, -0.1) is 0 Å². The Kier molecular flexibility index (Phi) is 5.91. The molecule has 3 heterocycles. The van der Waals surface area contributed by atoms with Crippen LogP contribution in [0.25, 0.3) is 0 Å². The third-order valence-electron chi connectivity index (χ3n) is 6.85. The molecule has 1 aromatic rings. The zero-order chi connectivity index (χ0) is 21.3. The Labute approximate surface area is 179 Å². The van der Waals surface area contributed by atoms with Gasteiger partial charge in [-0.1, -0.05) is 18.2 Å². The van der Waals surface area contributed by atoms with Crippen LogP contribution < -0.4 is 4.74 Å². The van der Waals surface area contributed by atoms with Crippen LogP contribution in [0.5, 0.6) is 5.75 Å². The first kappa shape index (κ1) is 21.0. The van der Waals surface area contributed by atoms with Crippen LogP contribution in [0.3, 0.4) is 0 Å². The van der Waals surface area contributed by atoms with Gasteiger partial charge in [0.2, 0.25) is 5.91 Å². The lowest BCUT2D eigenvalue weighted by molar-refractivity contribution is -0.141. The Bertz CT molecular complexity index is 780. The molecular formula is C23H34N4O3. The number of fused-ring (bicyclic) bond motifs is 1. The Morgan fingerprint density at radius 1 is 1.03 bits per heavy atom. The summed E-state index contributed by atoms with van der Waals surface area (Å²) in [6.07, 6.45) is 3.31. The number of hydrogen-bond acceptors (Lipinski definition) is 4. The van der Waals surface area contributed by atoms with Crippen molar-refractivity contribution in [1.82, 2.24) is 19.6 Å². The first-order valence-electron chi connectivity index (χ1n) is 11.1. The van der Waals surface area contributed by atoms with Gasteiger partial charge in [0.1, 0.15) is 11.4 Å². The van der Waals surface area contributed by atoms with Gasteiger partial charge in [-0.3, -0.25) is 4.79 Å². The summed E-state index contributed by atoms with van der Waals surface area (Å²) in [6, 6.07) is 8.12. The van der Waals surface area contributed by atoms with Crippen molar-refractivity contribution in [2.75, 3.05) is 53.9 Å². The fourth-order valence-electron chi connectivity index (χ4n) is 4.93. The van der Waals surface area contributed by atoms with Gasteiger partial charge in [-0.05, 0) is 39.0 Å². The molecule has 0 N–H and O–H groups in total. The summed E-state index contributed by atoms with van der Waals surface area (Å²) >= 11 is 0. The highest BCUT2D eigenvalue weighted by Gasteiger charge is 2.43. The smallest absolute Gasteiger partial charge is 0.319 e. The van der Waals surface area contributed by atoms with Gasteiger partial charge in [-0.25, -0.2) is 4.79 Å². The summed E-state index contributed by atoms with van der Waals surface area (Å²) in [5.74, 6) is 1.23. The maximum atomic E-state index is 13.5. The topological polar surface area (TPSA) is 56.3 Å². The van der Waals surface area contributed by atoms with Crippen LogP contribution in [0.1, 0.15) is 31.2 Å². The number of hydrogen-bond donors (Lipinski definition) is 0. The number of carbonyl (C=O) groups is 2. The monoisotopic (exact) mass is 414 g/mol. The second kappa shape index (κ2) is 8.46. The number of carbonyl (C=O) groups excluding carboxylic acids is 2. The molecule has 0 radical (unpaired) electrons. The van der Waals surface area contributed by atoms with Gasteiger partial charge in [0.25, 0.3) is 0 Å². The molecule has 7 heteroatoms. The quantitative estimate of drug-likeness (QED) is 0.707. The molecule has 1 aromatic carbocycles. The third-order valence-corrected chi connectivity index (χ3v) is 6.85. The SMILES string of the molecule is CN1CCC(C(=O)N2Cc3ccccc3OC3(CCN(C(=O)N(C)C)CC3)C2)CC1.